The van der Waals surface area contributed by atoms with Gasteiger partial charge in [0.2, 0.25) is 0 Å². The molecule has 1 aliphatic rings. The van der Waals surface area contributed by atoms with Crippen LogP contribution in [0, 0.1) is 0 Å². The molecule has 0 atom stereocenters. The quantitative estimate of drug-likeness (QED) is 0.389. The second kappa shape index (κ2) is 11.5. The van der Waals surface area contributed by atoms with E-state index < -0.39 is 18.1 Å². The maximum absolute atomic E-state index is 11.5. The van der Waals surface area contributed by atoms with Crippen molar-refractivity contribution in [2.75, 3.05) is 41.8 Å². The maximum atomic E-state index is 11.5. The van der Waals surface area contributed by atoms with Crippen LogP contribution in [0.4, 0.5) is 41.1 Å². The number of carbonyl (C=O) groups is 2. The second-order valence-corrected chi connectivity index (χ2v) is 8.07. The fourth-order valence-electron chi connectivity index (χ4n) is 3.03. The number of benzene rings is 1. The number of anilines is 5. The number of rotatable bonds is 6. The molecule has 3 heterocycles. The molecule has 0 aliphatic carbocycles. The minimum absolute atomic E-state index is 0.448. The molecule has 0 radical (unpaired) electrons. The number of aliphatic carboxylic acids is 1. The summed E-state index contributed by atoms with van der Waals surface area (Å²) in [7, 11) is 0. The van der Waals surface area contributed by atoms with Gasteiger partial charge >= 0.3 is 12.1 Å². The lowest BCUT2D eigenvalue weighted by Gasteiger charge is -2.28. The van der Waals surface area contributed by atoms with Crippen LogP contribution in [0.1, 0.15) is 10.4 Å². The molecule has 0 spiro atoms. The van der Waals surface area contributed by atoms with E-state index in [0.29, 0.717) is 11.4 Å². The Morgan fingerprint density at radius 2 is 1.71 bits per heavy atom. The number of amides is 1. The van der Waals surface area contributed by atoms with Crippen molar-refractivity contribution in [3.8, 4) is 0 Å². The number of nitrogens with zero attached hydrogens (tertiary/aromatic N) is 2. The van der Waals surface area contributed by atoms with Crippen molar-refractivity contribution < 1.29 is 32.6 Å². The molecular weight excluding hydrogens is 487 g/mol. The van der Waals surface area contributed by atoms with Crippen LogP contribution < -0.4 is 21.3 Å². The molecule has 186 valence electrons. The largest absolute Gasteiger partial charge is 0.490 e. The lowest BCUT2D eigenvalue weighted by molar-refractivity contribution is -0.192. The molecule has 4 rings (SSSR count). The van der Waals surface area contributed by atoms with Gasteiger partial charge in [0, 0.05) is 42.4 Å². The van der Waals surface area contributed by atoms with Crippen molar-refractivity contribution in [1.82, 2.24) is 4.98 Å². The van der Waals surface area contributed by atoms with E-state index in [9.17, 15) is 18.0 Å². The van der Waals surface area contributed by atoms with E-state index in [-0.39, 0.29) is 0 Å². The molecule has 0 saturated carbocycles. The van der Waals surface area contributed by atoms with Gasteiger partial charge in [0.05, 0.1) is 18.8 Å². The number of thiophene rings is 1. The summed E-state index contributed by atoms with van der Waals surface area (Å²) in [4.78, 5) is 27.1. The zero-order valence-corrected chi connectivity index (χ0v) is 19.0. The molecular formula is C22H22F3N5O4S. The van der Waals surface area contributed by atoms with E-state index in [1.54, 1.807) is 12.3 Å². The van der Waals surface area contributed by atoms with E-state index in [1.165, 1.54) is 17.0 Å². The van der Waals surface area contributed by atoms with Crippen LogP contribution >= 0.6 is 11.3 Å². The lowest BCUT2D eigenvalue weighted by atomic mass is 10.2. The Hall–Kier alpha value is -3.84. The molecule has 35 heavy (non-hydrogen) atoms. The standard InChI is InChI=1S/C20H21N5O2S.C2HF3O2/c21-19(26)17-6-12-28-20(17)24-15-5-7-22-18(13-15)23-14-1-3-16(4-2-14)25-8-10-27-11-9-25;3-2(4,5)1(6)7/h1-7,12-13H,8-11H2,(H2,21,26)(H2,22,23,24);(H,6,7). The zero-order valence-electron chi connectivity index (χ0n) is 18.2. The first-order valence-electron chi connectivity index (χ1n) is 10.2. The molecule has 1 aliphatic heterocycles. The molecule has 1 amide bonds. The van der Waals surface area contributed by atoms with Crippen molar-refractivity contribution in [3.05, 3.63) is 59.6 Å². The smallest absolute Gasteiger partial charge is 0.475 e. The normalized spacial score (nSPS) is 13.4. The van der Waals surface area contributed by atoms with Crippen molar-refractivity contribution in [2.45, 2.75) is 6.18 Å². The highest BCUT2D eigenvalue weighted by Crippen LogP contribution is 2.28. The highest BCUT2D eigenvalue weighted by molar-refractivity contribution is 7.14. The zero-order chi connectivity index (χ0) is 25.4. The molecule has 0 unspecified atom stereocenters. The van der Waals surface area contributed by atoms with Gasteiger partial charge in [-0.3, -0.25) is 4.79 Å². The number of carboxylic acids is 1. The van der Waals surface area contributed by atoms with Gasteiger partial charge in [-0.25, -0.2) is 9.78 Å². The molecule has 9 nitrogen and oxygen atoms in total. The summed E-state index contributed by atoms with van der Waals surface area (Å²) >= 11 is 1.43. The average Bonchev–Trinajstić information content (AvgIpc) is 3.29. The van der Waals surface area contributed by atoms with Crippen molar-refractivity contribution in [2.24, 2.45) is 5.73 Å². The Morgan fingerprint density at radius 1 is 1.06 bits per heavy atom. The molecule has 1 aromatic carbocycles. The SMILES string of the molecule is NC(=O)c1ccsc1Nc1ccnc(Nc2ccc(N3CCOCC3)cc2)c1.O=C(O)C(F)(F)F. The molecule has 2 aromatic heterocycles. The van der Waals surface area contributed by atoms with E-state index in [2.05, 4.69) is 32.7 Å². The van der Waals surface area contributed by atoms with Crippen LogP contribution in [0.3, 0.4) is 0 Å². The Balaban J connectivity index is 0.000000429. The number of hydrogen-bond acceptors (Lipinski definition) is 8. The van der Waals surface area contributed by atoms with E-state index in [0.717, 1.165) is 42.7 Å². The summed E-state index contributed by atoms with van der Waals surface area (Å²) in [6, 6.07) is 13.7. The van der Waals surface area contributed by atoms with E-state index in [4.69, 9.17) is 20.4 Å². The summed E-state index contributed by atoms with van der Waals surface area (Å²) in [6.45, 7) is 3.37. The van der Waals surface area contributed by atoms with Gasteiger partial charge in [0.1, 0.15) is 10.8 Å². The number of halogens is 3. The van der Waals surface area contributed by atoms with Crippen LogP contribution in [-0.2, 0) is 9.53 Å². The monoisotopic (exact) mass is 509 g/mol. The number of carbonyl (C=O) groups excluding carboxylic acids is 1. The number of ether oxygens (including phenoxy) is 1. The van der Waals surface area contributed by atoms with Gasteiger partial charge in [-0.15, -0.1) is 11.3 Å². The van der Waals surface area contributed by atoms with Crippen LogP contribution in [-0.4, -0.2) is 54.4 Å². The lowest BCUT2D eigenvalue weighted by Crippen LogP contribution is -2.36. The number of aromatic nitrogens is 1. The topological polar surface area (TPSA) is 130 Å². The number of pyridine rings is 1. The molecule has 13 heteroatoms. The minimum Gasteiger partial charge on any atom is -0.475 e. The minimum atomic E-state index is -5.08. The second-order valence-electron chi connectivity index (χ2n) is 7.16. The molecule has 0 bridgehead atoms. The molecule has 1 saturated heterocycles. The van der Waals surface area contributed by atoms with Gasteiger partial charge in [-0.2, -0.15) is 13.2 Å². The van der Waals surface area contributed by atoms with Gasteiger partial charge in [0.25, 0.3) is 5.91 Å². The van der Waals surface area contributed by atoms with Crippen molar-refractivity contribution in [1.29, 1.82) is 0 Å². The predicted octanol–water partition coefficient (Wildman–Crippen LogP) is 4.20. The molecule has 1 fully saturated rings. The van der Waals surface area contributed by atoms with E-state index in [1.807, 2.05) is 29.6 Å². The first-order valence-corrected chi connectivity index (χ1v) is 11.1. The Labute approximate surface area is 202 Å². The number of nitrogens with one attached hydrogen (secondary N) is 2. The number of carboxylic acid groups (broad SMARTS) is 1. The number of hydrogen-bond donors (Lipinski definition) is 4. The number of morpholine rings is 1. The Kier molecular flexibility index (Phi) is 8.49. The van der Waals surface area contributed by atoms with Gasteiger partial charge < -0.3 is 31.1 Å². The predicted molar refractivity (Wildman–Crippen MR) is 127 cm³/mol. The highest BCUT2D eigenvalue weighted by Gasteiger charge is 2.38. The highest BCUT2D eigenvalue weighted by atomic mass is 32.1. The molecule has 5 N–H and O–H groups in total. The molecule has 3 aromatic rings. The van der Waals surface area contributed by atoms with Crippen LogP contribution in [0.25, 0.3) is 0 Å². The third-order valence-corrected chi connectivity index (χ3v) is 5.54. The van der Waals surface area contributed by atoms with Crippen molar-refractivity contribution in [3.63, 3.8) is 0 Å². The summed E-state index contributed by atoms with van der Waals surface area (Å²) in [5.74, 6) is -2.50. The van der Waals surface area contributed by atoms with Crippen LogP contribution in [0.2, 0.25) is 0 Å². The summed E-state index contributed by atoms with van der Waals surface area (Å²) < 4.78 is 37.1. The number of primary amides is 1. The third-order valence-electron chi connectivity index (χ3n) is 4.71. The fraction of sp³-hybridized carbons (Fsp3) is 0.227. The fourth-order valence-corrected chi connectivity index (χ4v) is 3.85. The first kappa shape index (κ1) is 25.8. The van der Waals surface area contributed by atoms with Crippen LogP contribution in [0.15, 0.2) is 54.0 Å². The average molecular weight is 510 g/mol. The van der Waals surface area contributed by atoms with Crippen molar-refractivity contribution >= 4 is 51.1 Å². The first-order chi connectivity index (χ1) is 16.6. The summed E-state index contributed by atoms with van der Waals surface area (Å²) in [5, 5.41) is 16.2. The third kappa shape index (κ3) is 7.58. The number of nitrogens with two attached hydrogens (primary N) is 1. The maximum Gasteiger partial charge on any atom is 0.490 e. The van der Waals surface area contributed by atoms with Gasteiger partial charge in [-0.1, -0.05) is 0 Å². The Bertz CT molecular complexity index is 1150. The number of alkyl halides is 3. The van der Waals surface area contributed by atoms with E-state index >= 15 is 0 Å². The van der Waals surface area contributed by atoms with Gasteiger partial charge in [0.15, 0.2) is 0 Å². The Morgan fingerprint density at radius 3 is 2.31 bits per heavy atom. The van der Waals surface area contributed by atoms with Gasteiger partial charge in [-0.05, 0) is 41.8 Å². The summed E-state index contributed by atoms with van der Waals surface area (Å²) in [6.07, 6.45) is -3.37. The van der Waals surface area contributed by atoms with Crippen LogP contribution in [0.5, 0.6) is 0 Å². The summed E-state index contributed by atoms with van der Waals surface area (Å²) in [5.41, 5.74) is 8.85.